The molecule has 3 rings (SSSR count). The second kappa shape index (κ2) is 6.90. The van der Waals surface area contributed by atoms with E-state index < -0.39 is 5.97 Å². The summed E-state index contributed by atoms with van der Waals surface area (Å²) in [5, 5.41) is 13.5. The zero-order chi connectivity index (χ0) is 18.0. The second-order valence-electron chi connectivity index (χ2n) is 5.43. The minimum Gasteiger partial charge on any atom is -0.476 e. The Kier molecular flexibility index (Phi) is 4.67. The summed E-state index contributed by atoms with van der Waals surface area (Å²) >= 11 is 1.35. The maximum atomic E-state index is 11.5. The number of carboxylic acid groups (broad SMARTS) is 1. The highest BCUT2D eigenvalue weighted by Gasteiger charge is 2.20. The number of benzene rings is 2. The predicted molar refractivity (Wildman–Crippen MR) is 96.8 cm³/mol. The molecule has 0 saturated carbocycles. The Bertz CT molecular complexity index is 978. The number of fused-ring (bicyclic) bond motifs is 1. The Balaban J connectivity index is 2.11. The van der Waals surface area contributed by atoms with Gasteiger partial charge < -0.3 is 14.7 Å². The Morgan fingerprint density at radius 3 is 2.68 bits per heavy atom. The third kappa shape index (κ3) is 3.46. The van der Waals surface area contributed by atoms with E-state index in [9.17, 15) is 9.90 Å². The molecule has 0 saturated heterocycles. The van der Waals surface area contributed by atoms with E-state index >= 15 is 0 Å². The molecule has 1 heterocycles. The van der Waals surface area contributed by atoms with Crippen LogP contribution in [-0.2, 0) is 9.63 Å². The highest BCUT2D eigenvalue weighted by molar-refractivity contribution is 7.20. The first-order chi connectivity index (χ1) is 12.0. The number of aryl methyl sites for hydroxylation is 2. The number of nitrogens with zero attached hydrogens (tertiary/aromatic N) is 2. The van der Waals surface area contributed by atoms with Gasteiger partial charge in [-0.25, -0.2) is 9.78 Å². The maximum Gasteiger partial charge on any atom is 0.358 e. The van der Waals surface area contributed by atoms with E-state index in [2.05, 4.69) is 15.0 Å². The lowest BCUT2D eigenvalue weighted by Gasteiger charge is -2.04. The average Bonchev–Trinajstić information content (AvgIpc) is 2.96. The monoisotopic (exact) mass is 356 g/mol. The van der Waals surface area contributed by atoms with Crippen molar-refractivity contribution in [1.29, 1.82) is 0 Å². The number of aliphatic carboxylic acids is 1. The first-order valence-electron chi connectivity index (χ1n) is 7.49. The van der Waals surface area contributed by atoms with Gasteiger partial charge in [0.25, 0.3) is 5.19 Å². The molecule has 6 nitrogen and oxygen atoms in total. The normalized spacial score (nSPS) is 11.6. The molecule has 3 aromatic rings. The van der Waals surface area contributed by atoms with Gasteiger partial charge in [-0.05, 0) is 43.2 Å². The van der Waals surface area contributed by atoms with Crippen molar-refractivity contribution in [3.63, 3.8) is 0 Å². The number of para-hydroxylation sites is 1. The molecule has 1 aromatic heterocycles. The van der Waals surface area contributed by atoms with Gasteiger partial charge in [-0.2, -0.15) is 0 Å². The largest absolute Gasteiger partial charge is 0.476 e. The molecule has 7 heteroatoms. The number of aromatic nitrogens is 1. The van der Waals surface area contributed by atoms with Gasteiger partial charge in [0, 0.05) is 5.56 Å². The van der Waals surface area contributed by atoms with Crippen LogP contribution in [0.1, 0.15) is 16.7 Å². The van der Waals surface area contributed by atoms with Crippen LogP contribution in [0.4, 0.5) is 0 Å². The number of thiazole rings is 1. The third-order valence-corrected chi connectivity index (χ3v) is 4.43. The van der Waals surface area contributed by atoms with Crippen molar-refractivity contribution < 1.29 is 19.5 Å². The lowest BCUT2D eigenvalue weighted by atomic mass is 10.1. The molecule has 1 N–H and O–H groups in total. The van der Waals surface area contributed by atoms with Crippen LogP contribution >= 0.6 is 11.3 Å². The molecule has 0 radical (unpaired) electrons. The summed E-state index contributed by atoms with van der Waals surface area (Å²) in [6, 6.07) is 11.3. The summed E-state index contributed by atoms with van der Waals surface area (Å²) < 4.78 is 6.70. The van der Waals surface area contributed by atoms with Crippen molar-refractivity contribution in [3.05, 3.63) is 53.1 Å². The van der Waals surface area contributed by atoms with Crippen molar-refractivity contribution in [2.75, 3.05) is 7.11 Å². The summed E-state index contributed by atoms with van der Waals surface area (Å²) in [6.45, 7) is 3.84. The lowest BCUT2D eigenvalue weighted by Crippen LogP contribution is -2.15. The first-order valence-corrected chi connectivity index (χ1v) is 8.30. The smallest absolute Gasteiger partial charge is 0.358 e. The minimum atomic E-state index is -1.18. The number of oxime groups is 1. The Labute approximate surface area is 148 Å². The molecule has 0 unspecified atom stereocenters. The summed E-state index contributed by atoms with van der Waals surface area (Å²) in [6.07, 6.45) is 0. The number of hydrogen-bond acceptors (Lipinski definition) is 6. The number of carbonyl (C=O) groups is 1. The molecular formula is C18H16N2O4S. The van der Waals surface area contributed by atoms with Crippen LogP contribution in [0.5, 0.6) is 10.9 Å². The van der Waals surface area contributed by atoms with Gasteiger partial charge in [0.2, 0.25) is 0 Å². The Hall–Kier alpha value is -2.93. The van der Waals surface area contributed by atoms with E-state index in [-0.39, 0.29) is 5.71 Å². The molecule has 0 aliphatic carbocycles. The summed E-state index contributed by atoms with van der Waals surface area (Å²) in [4.78, 5) is 20.7. The molecule has 0 fully saturated rings. The van der Waals surface area contributed by atoms with Crippen LogP contribution in [0.15, 0.2) is 41.6 Å². The van der Waals surface area contributed by atoms with Crippen molar-refractivity contribution in [2.45, 2.75) is 13.8 Å². The topological polar surface area (TPSA) is 81.0 Å². The number of hydrogen-bond donors (Lipinski definition) is 1. The van der Waals surface area contributed by atoms with Crippen molar-refractivity contribution >= 4 is 33.2 Å². The fourth-order valence-electron chi connectivity index (χ4n) is 2.43. The average molecular weight is 356 g/mol. The van der Waals surface area contributed by atoms with Gasteiger partial charge in [0.05, 0.1) is 10.2 Å². The quantitative estimate of drug-likeness (QED) is 0.549. The van der Waals surface area contributed by atoms with E-state index in [1.54, 1.807) is 6.07 Å². The van der Waals surface area contributed by atoms with Crippen LogP contribution in [-0.4, -0.2) is 28.9 Å². The van der Waals surface area contributed by atoms with Gasteiger partial charge in [-0.1, -0.05) is 34.7 Å². The first kappa shape index (κ1) is 16.9. The molecule has 0 amide bonds. The number of rotatable bonds is 5. The number of ether oxygens (including phenoxy) is 1. The Morgan fingerprint density at radius 2 is 2.00 bits per heavy atom. The van der Waals surface area contributed by atoms with Crippen molar-refractivity contribution in [2.24, 2.45) is 5.16 Å². The van der Waals surface area contributed by atoms with E-state index in [1.807, 2.05) is 44.2 Å². The fraction of sp³-hybridized carbons (Fsp3) is 0.167. The van der Waals surface area contributed by atoms with Crippen LogP contribution in [0.2, 0.25) is 0 Å². The van der Waals surface area contributed by atoms with Crippen LogP contribution < -0.4 is 4.74 Å². The lowest BCUT2D eigenvalue weighted by molar-refractivity contribution is -0.129. The van der Waals surface area contributed by atoms with Crippen molar-refractivity contribution in [1.82, 2.24) is 4.98 Å². The molecule has 2 aromatic carbocycles. The summed E-state index contributed by atoms with van der Waals surface area (Å²) in [5.41, 5.74) is 2.63. The fourth-order valence-corrected chi connectivity index (χ4v) is 3.38. The highest BCUT2D eigenvalue weighted by Crippen LogP contribution is 2.35. The maximum absolute atomic E-state index is 11.5. The van der Waals surface area contributed by atoms with Crippen LogP contribution in [0.25, 0.3) is 10.2 Å². The van der Waals surface area contributed by atoms with Gasteiger partial charge >= 0.3 is 5.97 Å². The van der Waals surface area contributed by atoms with Crippen LogP contribution in [0, 0.1) is 13.8 Å². The summed E-state index contributed by atoms with van der Waals surface area (Å²) in [5.74, 6) is -0.466. The van der Waals surface area contributed by atoms with E-state index in [1.165, 1.54) is 18.4 Å². The predicted octanol–water partition coefficient (Wildman–Crippen LogP) is 4.14. The van der Waals surface area contributed by atoms with E-state index in [0.29, 0.717) is 22.0 Å². The molecule has 25 heavy (non-hydrogen) atoms. The Morgan fingerprint density at radius 1 is 1.24 bits per heavy atom. The molecule has 0 spiro atoms. The second-order valence-corrected chi connectivity index (χ2v) is 6.43. The summed E-state index contributed by atoms with van der Waals surface area (Å²) in [7, 11) is 1.31. The van der Waals surface area contributed by atoms with Gasteiger partial charge in [0.15, 0.2) is 5.71 Å². The minimum absolute atomic E-state index is 0.191. The zero-order valence-corrected chi connectivity index (χ0v) is 14.8. The van der Waals surface area contributed by atoms with Crippen molar-refractivity contribution in [3.8, 4) is 10.9 Å². The molecule has 0 aliphatic heterocycles. The molecule has 0 aliphatic rings. The van der Waals surface area contributed by atoms with E-state index in [4.69, 9.17) is 4.74 Å². The van der Waals surface area contributed by atoms with E-state index in [0.717, 1.165) is 15.8 Å². The SMILES string of the molecule is CO/N=C(/C(=O)O)c1cc(C)cc2sc(Oc3ccccc3C)nc12. The van der Waals surface area contributed by atoms with Crippen LogP contribution in [0.3, 0.4) is 0 Å². The standard InChI is InChI=1S/C18H16N2O4S/c1-10-8-12(16(17(21)22)20-23-3)15-14(9-10)25-18(19-15)24-13-7-5-4-6-11(13)2/h4-9H,1-3H3,(H,21,22)/b20-16+. The molecule has 0 bridgehead atoms. The number of carboxylic acids is 1. The molecule has 128 valence electrons. The van der Waals surface area contributed by atoms with Gasteiger partial charge in [-0.3, -0.25) is 0 Å². The van der Waals surface area contributed by atoms with Gasteiger partial charge in [-0.15, -0.1) is 0 Å². The molecular weight excluding hydrogens is 340 g/mol. The highest BCUT2D eigenvalue weighted by atomic mass is 32.1. The van der Waals surface area contributed by atoms with Gasteiger partial charge in [0.1, 0.15) is 12.9 Å². The third-order valence-electron chi connectivity index (χ3n) is 3.55. The zero-order valence-electron chi connectivity index (χ0n) is 13.9. The molecule has 0 atom stereocenters.